The zero-order valence-corrected chi connectivity index (χ0v) is 30.6. The maximum absolute atomic E-state index is 15.2. The normalized spacial score (nSPS) is 17.8. The van der Waals surface area contributed by atoms with E-state index in [0.29, 0.717) is 72.2 Å². The van der Waals surface area contributed by atoms with Gasteiger partial charge in [0.15, 0.2) is 11.5 Å². The number of aromatic nitrogens is 1. The van der Waals surface area contributed by atoms with Gasteiger partial charge in [-0.2, -0.15) is 0 Å². The van der Waals surface area contributed by atoms with E-state index in [1.54, 1.807) is 41.3 Å². The van der Waals surface area contributed by atoms with Gasteiger partial charge in [-0.05, 0) is 85.3 Å². The minimum Gasteiger partial charge on any atom is -0.508 e. The number of carbonyl (C=O) groups is 2. The van der Waals surface area contributed by atoms with E-state index in [1.807, 2.05) is 23.1 Å². The van der Waals surface area contributed by atoms with Crippen molar-refractivity contribution in [2.24, 2.45) is 0 Å². The van der Waals surface area contributed by atoms with Gasteiger partial charge in [-0.1, -0.05) is 42.5 Å². The van der Waals surface area contributed by atoms with Crippen LogP contribution in [0.15, 0.2) is 91.0 Å². The Morgan fingerprint density at radius 3 is 2.38 bits per heavy atom. The van der Waals surface area contributed by atoms with Gasteiger partial charge in [0.25, 0.3) is 11.8 Å². The number of benzene rings is 4. The third kappa shape index (κ3) is 6.83. The number of rotatable bonds is 8. The molecule has 0 aliphatic carbocycles. The Morgan fingerprint density at radius 2 is 1.58 bits per heavy atom. The predicted molar refractivity (Wildman–Crippen MR) is 205 cm³/mol. The van der Waals surface area contributed by atoms with Crippen LogP contribution >= 0.6 is 0 Å². The van der Waals surface area contributed by atoms with Crippen LogP contribution < -0.4 is 14.4 Å². The van der Waals surface area contributed by atoms with Crippen molar-refractivity contribution in [2.75, 3.05) is 44.5 Å². The van der Waals surface area contributed by atoms with Crippen molar-refractivity contribution < 1.29 is 33.3 Å². The van der Waals surface area contributed by atoms with E-state index in [-0.39, 0.29) is 36.9 Å². The van der Waals surface area contributed by atoms with E-state index in [1.165, 1.54) is 23.8 Å². The summed E-state index contributed by atoms with van der Waals surface area (Å²) < 4.78 is 34.6. The molecule has 4 aliphatic heterocycles. The summed E-state index contributed by atoms with van der Waals surface area (Å²) in [5, 5.41) is 10.1. The fraction of sp³-hybridized carbons (Fsp3) is 0.318. The molecule has 1 aromatic heterocycles. The minimum atomic E-state index is -0.408. The molecular weight excluding hydrogens is 700 g/mol. The first-order valence-electron chi connectivity index (χ1n) is 19.1. The Morgan fingerprint density at radius 1 is 0.836 bits per heavy atom. The highest BCUT2D eigenvalue weighted by Crippen LogP contribution is 2.42. The van der Waals surface area contributed by atoms with Crippen LogP contribution in [0, 0.1) is 5.82 Å². The number of nitrogens with zero attached hydrogens (tertiary/aromatic N) is 4. The van der Waals surface area contributed by atoms with E-state index in [9.17, 15) is 9.90 Å². The molecule has 11 heteroatoms. The Bertz CT molecular complexity index is 2250. The number of phenols is 1. The molecular formula is C44H43FN4O6. The average molecular weight is 743 g/mol. The van der Waals surface area contributed by atoms with Crippen LogP contribution in [0.3, 0.4) is 0 Å². The van der Waals surface area contributed by atoms with E-state index >= 15 is 9.18 Å². The van der Waals surface area contributed by atoms with Crippen molar-refractivity contribution in [3.05, 3.63) is 130 Å². The first-order chi connectivity index (χ1) is 26.9. The molecule has 5 aromatic rings. The summed E-state index contributed by atoms with van der Waals surface area (Å²) in [4.78, 5) is 36.0. The van der Waals surface area contributed by atoms with Crippen LogP contribution in [0.2, 0.25) is 0 Å². The van der Waals surface area contributed by atoms with Gasteiger partial charge in [-0.3, -0.25) is 14.5 Å². The van der Waals surface area contributed by atoms with Crippen molar-refractivity contribution >= 4 is 17.5 Å². The molecule has 1 saturated heterocycles. The first-order valence-corrected chi connectivity index (χ1v) is 19.1. The average Bonchev–Trinajstić information content (AvgIpc) is 3.85. The molecule has 0 bridgehead atoms. The SMILES string of the molecule is O=C(c1cc(-c2cc3c(cc2C(=O)N2Cc4ccccc4C[C@H]2CN2CCOCC2)OCO3)n2c1CCCC2)N(Cc1ccccc1F)c1ccc(O)cc1. The fourth-order valence-corrected chi connectivity index (χ4v) is 8.50. The van der Waals surface area contributed by atoms with Crippen molar-refractivity contribution in [1.29, 1.82) is 0 Å². The van der Waals surface area contributed by atoms with Crippen molar-refractivity contribution in [3.63, 3.8) is 0 Å². The van der Waals surface area contributed by atoms with Crippen LogP contribution in [0.1, 0.15) is 55.9 Å². The smallest absolute Gasteiger partial charge is 0.260 e. The summed E-state index contributed by atoms with van der Waals surface area (Å²) in [6.45, 7) is 4.91. The first kappa shape index (κ1) is 35.1. The molecule has 0 spiro atoms. The summed E-state index contributed by atoms with van der Waals surface area (Å²) >= 11 is 0. The van der Waals surface area contributed by atoms with Gasteiger partial charge < -0.3 is 33.7 Å². The third-order valence-electron chi connectivity index (χ3n) is 11.4. The topological polar surface area (TPSA) is 96.7 Å². The Labute approximate surface area is 319 Å². The number of aromatic hydroxyl groups is 1. The molecule has 4 aliphatic rings. The molecule has 1 fully saturated rings. The predicted octanol–water partition coefficient (Wildman–Crippen LogP) is 6.81. The van der Waals surface area contributed by atoms with Gasteiger partial charge in [0, 0.05) is 67.0 Å². The van der Waals surface area contributed by atoms with E-state index in [0.717, 1.165) is 55.8 Å². The summed E-state index contributed by atoms with van der Waals surface area (Å²) in [7, 11) is 0. The largest absolute Gasteiger partial charge is 0.508 e. The van der Waals surface area contributed by atoms with Crippen LogP contribution in [-0.4, -0.2) is 77.0 Å². The number of hydrogen-bond acceptors (Lipinski definition) is 7. The molecule has 2 amide bonds. The minimum absolute atomic E-state index is 0.00897. The second kappa shape index (κ2) is 14.9. The van der Waals surface area contributed by atoms with Gasteiger partial charge in [-0.15, -0.1) is 0 Å². The zero-order chi connectivity index (χ0) is 37.5. The lowest BCUT2D eigenvalue weighted by molar-refractivity contribution is 0.0193. The second-order valence-electron chi connectivity index (χ2n) is 14.7. The van der Waals surface area contributed by atoms with Gasteiger partial charge in [0.2, 0.25) is 6.79 Å². The highest BCUT2D eigenvalue weighted by molar-refractivity contribution is 6.09. The van der Waals surface area contributed by atoms with Gasteiger partial charge in [-0.25, -0.2) is 4.39 Å². The number of morpholine rings is 1. The van der Waals surface area contributed by atoms with E-state index in [4.69, 9.17) is 14.2 Å². The molecule has 10 nitrogen and oxygen atoms in total. The maximum atomic E-state index is 15.2. The monoisotopic (exact) mass is 742 g/mol. The Kier molecular flexibility index (Phi) is 9.49. The third-order valence-corrected chi connectivity index (χ3v) is 11.4. The van der Waals surface area contributed by atoms with E-state index in [2.05, 4.69) is 27.7 Å². The summed E-state index contributed by atoms with van der Waals surface area (Å²) in [5.41, 5.74) is 6.56. The molecule has 0 saturated carbocycles. The molecule has 5 heterocycles. The molecule has 4 aromatic carbocycles. The molecule has 55 heavy (non-hydrogen) atoms. The van der Waals surface area contributed by atoms with Crippen LogP contribution in [0.5, 0.6) is 17.2 Å². The number of ether oxygens (including phenoxy) is 3. The number of fused-ring (bicyclic) bond motifs is 3. The molecule has 0 unspecified atom stereocenters. The van der Waals surface area contributed by atoms with E-state index < -0.39 is 5.82 Å². The van der Waals surface area contributed by atoms with Gasteiger partial charge >= 0.3 is 0 Å². The lowest BCUT2D eigenvalue weighted by Gasteiger charge is -2.40. The zero-order valence-electron chi connectivity index (χ0n) is 30.6. The molecule has 282 valence electrons. The highest BCUT2D eigenvalue weighted by Gasteiger charge is 2.36. The summed E-state index contributed by atoms with van der Waals surface area (Å²) in [6, 6.07) is 26.7. The van der Waals surface area contributed by atoms with Crippen molar-refractivity contribution in [2.45, 2.75) is 51.4 Å². The fourth-order valence-electron chi connectivity index (χ4n) is 8.50. The number of phenolic OH excluding ortho intramolecular Hbond substituents is 1. The number of anilines is 1. The summed E-state index contributed by atoms with van der Waals surface area (Å²) in [6.07, 6.45) is 3.23. The molecule has 9 rings (SSSR count). The summed E-state index contributed by atoms with van der Waals surface area (Å²) in [5.74, 6) is 0.317. The second-order valence-corrected chi connectivity index (χ2v) is 14.7. The number of carbonyl (C=O) groups excluding carboxylic acids is 2. The molecule has 0 radical (unpaired) electrons. The highest BCUT2D eigenvalue weighted by atomic mass is 19.1. The lowest BCUT2D eigenvalue weighted by Crippen LogP contribution is -2.52. The van der Waals surface area contributed by atoms with Crippen LogP contribution in [-0.2, 0) is 37.2 Å². The maximum Gasteiger partial charge on any atom is 0.260 e. The molecule has 1 N–H and O–H groups in total. The van der Waals surface area contributed by atoms with Gasteiger partial charge in [0.1, 0.15) is 11.6 Å². The number of amides is 2. The number of halogens is 1. The quantitative estimate of drug-likeness (QED) is 0.187. The van der Waals surface area contributed by atoms with Gasteiger partial charge in [0.05, 0.1) is 30.9 Å². The van der Waals surface area contributed by atoms with Crippen LogP contribution in [0.4, 0.5) is 10.1 Å². The van der Waals surface area contributed by atoms with Crippen molar-refractivity contribution in [3.8, 4) is 28.5 Å². The van der Waals surface area contributed by atoms with Crippen molar-refractivity contribution in [1.82, 2.24) is 14.4 Å². The van der Waals surface area contributed by atoms with Crippen LogP contribution in [0.25, 0.3) is 11.3 Å². The Hall–Kier alpha value is -5.65. The Balaban J connectivity index is 1.14. The standard InChI is InChI=1S/C44H43FN4O6/c45-38-10-4-3-9-31(38)26-48(32-12-14-34(50)15-13-32)44(52)37-22-40(47-16-6-5-11-39(37)47)35-23-41-42(55-28-54-41)24-36(35)43(51)49-25-30-8-2-1-7-29(30)21-33(49)27-46-17-19-53-20-18-46/h1-4,7-10,12-15,22-24,33,50H,5-6,11,16-21,25-28H2/t33-/m0/s1. The number of hydrogen-bond donors (Lipinski definition) is 1. The molecule has 1 atom stereocenters. The lowest BCUT2D eigenvalue weighted by atomic mass is 9.92.